The molecule has 0 saturated heterocycles. The van der Waals surface area contributed by atoms with Crippen LogP contribution in [0.3, 0.4) is 0 Å². The molecule has 5 nitrogen and oxygen atoms in total. The number of halogens is 2. The number of methoxy groups -OCH3 is 1. The molecule has 0 atom stereocenters. The van der Waals surface area contributed by atoms with Crippen molar-refractivity contribution < 1.29 is 4.74 Å². The maximum atomic E-state index is 6.03. The van der Waals surface area contributed by atoms with E-state index in [4.69, 9.17) is 27.9 Å². The van der Waals surface area contributed by atoms with Crippen molar-refractivity contribution in [3.63, 3.8) is 0 Å². The van der Waals surface area contributed by atoms with Crippen LogP contribution >= 0.6 is 35.0 Å². The fourth-order valence-corrected chi connectivity index (χ4v) is 2.89. The number of hydrogen-bond acceptors (Lipinski definition) is 6. The SMILES string of the molecule is COc1ccc2c(n1)Sc1c(Cl)nc(Cl)nc1N2. The van der Waals surface area contributed by atoms with E-state index < -0.39 is 0 Å². The summed E-state index contributed by atoms with van der Waals surface area (Å²) in [5.74, 6) is 1.13. The van der Waals surface area contributed by atoms with Crippen molar-refractivity contribution in [1.29, 1.82) is 0 Å². The number of rotatable bonds is 1. The molecule has 1 aliphatic rings. The largest absolute Gasteiger partial charge is 0.481 e. The Labute approximate surface area is 117 Å². The zero-order valence-electron chi connectivity index (χ0n) is 9.07. The van der Waals surface area contributed by atoms with E-state index in [0.29, 0.717) is 21.7 Å². The van der Waals surface area contributed by atoms with Crippen LogP contribution < -0.4 is 10.1 Å². The quantitative estimate of drug-likeness (QED) is 0.549. The smallest absolute Gasteiger partial charge is 0.225 e. The molecule has 3 heterocycles. The Morgan fingerprint density at radius 3 is 2.83 bits per heavy atom. The van der Waals surface area contributed by atoms with Crippen LogP contribution in [0.4, 0.5) is 11.5 Å². The summed E-state index contributed by atoms with van der Waals surface area (Å²) in [7, 11) is 1.57. The van der Waals surface area contributed by atoms with Crippen LogP contribution in [0.1, 0.15) is 0 Å². The van der Waals surface area contributed by atoms with Crippen molar-refractivity contribution in [1.82, 2.24) is 15.0 Å². The molecule has 0 amide bonds. The highest BCUT2D eigenvalue weighted by molar-refractivity contribution is 7.99. The van der Waals surface area contributed by atoms with Crippen LogP contribution in [0, 0.1) is 0 Å². The fourth-order valence-electron chi connectivity index (χ4n) is 1.51. The number of anilines is 2. The molecule has 2 aromatic rings. The third kappa shape index (κ3) is 1.96. The first-order valence-electron chi connectivity index (χ1n) is 4.90. The molecule has 0 radical (unpaired) electrons. The maximum Gasteiger partial charge on any atom is 0.225 e. The molecule has 0 spiro atoms. The minimum Gasteiger partial charge on any atom is -0.481 e. The van der Waals surface area contributed by atoms with Crippen molar-refractivity contribution in [2.24, 2.45) is 0 Å². The molecule has 0 aliphatic carbocycles. The standard InChI is InChI=1S/C10H6Cl2N4OS/c1-17-5-3-2-4-9(14-5)18-6-7(11)15-10(12)16-8(6)13-4/h2-3H,1H3,(H,13,15,16). The second-order valence-electron chi connectivity index (χ2n) is 3.39. The molecule has 8 heteroatoms. The van der Waals surface area contributed by atoms with Crippen molar-refractivity contribution in [3.05, 3.63) is 22.6 Å². The third-order valence-electron chi connectivity index (χ3n) is 2.29. The first kappa shape index (κ1) is 11.8. The lowest BCUT2D eigenvalue weighted by Crippen LogP contribution is -2.06. The van der Waals surface area contributed by atoms with Gasteiger partial charge < -0.3 is 10.1 Å². The number of hydrogen-bond donors (Lipinski definition) is 1. The van der Waals surface area contributed by atoms with E-state index in [1.165, 1.54) is 11.8 Å². The Morgan fingerprint density at radius 2 is 2.06 bits per heavy atom. The number of pyridine rings is 1. The van der Waals surface area contributed by atoms with Gasteiger partial charge in [0, 0.05) is 6.07 Å². The molecule has 0 aromatic carbocycles. The summed E-state index contributed by atoms with van der Waals surface area (Å²) < 4.78 is 5.08. The van der Waals surface area contributed by atoms with Gasteiger partial charge in [0.15, 0.2) is 5.82 Å². The summed E-state index contributed by atoms with van der Waals surface area (Å²) in [4.78, 5) is 13.0. The Morgan fingerprint density at radius 1 is 1.22 bits per heavy atom. The van der Waals surface area contributed by atoms with Gasteiger partial charge in [0.05, 0.1) is 17.7 Å². The van der Waals surface area contributed by atoms with E-state index in [1.54, 1.807) is 13.2 Å². The van der Waals surface area contributed by atoms with E-state index in [2.05, 4.69) is 20.3 Å². The zero-order valence-corrected chi connectivity index (χ0v) is 11.4. The lowest BCUT2D eigenvalue weighted by atomic mass is 10.4. The van der Waals surface area contributed by atoms with Crippen molar-refractivity contribution in [2.45, 2.75) is 9.92 Å². The number of nitrogens with zero attached hydrogens (tertiary/aromatic N) is 3. The van der Waals surface area contributed by atoms with E-state index >= 15 is 0 Å². The van der Waals surface area contributed by atoms with Crippen LogP contribution in [-0.2, 0) is 0 Å². The highest BCUT2D eigenvalue weighted by atomic mass is 35.5. The zero-order chi connectivity index (χ0) is 12.7. The summed E-state index contributed by atoms with van der Waals surface area (Å²) in [6.45, 7) is 0. The Bertz CT molecular complexity index is 638. The molecule has 3 rings (SSSR count). The summed E-state index contributed by atoms with van der Waals surface area (Å²) in [6, 6.07) is 3.63. The van der Waals surface area contributed by atoms with Crippen LogP contribution in [0.5, 0.6) is 5.88 Å². The van der Waals surface area contributed by atoms with Crippen molar-refractivity contribution in [2.75, 3.05) is 12.4 Å². The third-order valence-corrected chi connectivity index (χ3v) is 3.94. The average Bonchev–Trinajstić information content (AvgIpc) is 2.36. The van der Waals surface area contributed by atoms with E-state index in [0.717, 1.165) is 10.7 Å². The van der Waals surface area contributed by atoms with E-state index in [1.807, 2.05) is 6.07 Å². The van der Waals surface area contributed by atoms with E-state index in [-0.39, 0.29) is 5.28 Å². The number of nitrogens with one attached hydrogen (secondary N) is 1. The Balaban J connectivity index is 2.09. The van der Waals surface area contributed by atoms with Crippen molar-refractivity contribution >= 4 is 46.5 Å². The van der Waals surface area contributed by atoms with Gasteiger partial charge in [-0.05, 0) is 17.7 Å². The normalized spacial score (nSPS) is 12.4. The molecule has 0 saturated carbocycles. The molecular weight excluding hydrogens is 295 g/mol. The molecular formula is C10H6Cl2N4OS. The van der Waals surface area contributed by atoms with Crippen LogP contribution in [0.25, 0.3) is 0 Å². The minimum absolute atomic E-state index is 0.108. The van der Waals surface area contributed by atoms with Gasteiger partial charge in [-0.25, -0.2) is 9.97 Å². The predicted molar refractivity (Wildman–Crippen MR) is 70.2 cm³/mol. The molecule has 1 N–H and O–H groups in total. The highest BCUT2D eigenvalue weighted by Gasteiger charge is 2.22. The fraction of sp³-hybridized carbons (Fsp3) is 0.100. The second-order valence-corrected chi connectivity index (χ2v) is 5.09. The van der Waals surface area contributed by atoms with Gasteiger partial charge in [-0.1, -0.05) is 23.4 Å². The molecule has 0 bridgehead atoms. The Hall–Kier alpha value is -1.24. The topological polar surface area (TPSA) is 59.9 Å². The number of ether oxygens (including phenoxy) is 1. The van der Waals surface area contributed by atoms with Gasteiger partial charge in [-0.3, -0.25) is 0 Å². The van der Waals surface area contributed by atoms with Crippen LogP contribution in [0.2, 0.25) is 10.4 Å². The lowest BCUT2D eigenvalue weighted by Gasteiger charge is -2.19. The van der Waals surface area contributed by atoms with Gasteiger partial charge in [-0.15, -0.1) is 0 Å². The van der Waals surface area contributed by atoms with E-state index in [9.17, 15) is 0 Å². The molecule has 92 valence electrons. The predicted octanol–water partition coefficient (Wildman–Crippen LogP) is 3.40. The molecule has 1 aliphatic heterocycles. The lowest BCUT2D eigenvalue weighted by molar-refractivity contribution is 0.394. The summed E-state index contributed by atoms with van der Waals surface area (Å²) in [6.07, 6.45) is 0. The molecule has 2 aromatic heterocycles. The molecule has 0 unspecified atom stereocenters. The molecule has 0 fully saturated rings. The van der Waals surface area contributed by atoms with Gasteiger partial charge in [0.2, 0.25) is 11.2 Å². The van der Waals surface area contributed by atoms with Crippen LogP contribution in [-0.4, -0.2) is 22.1 Å². The van der Waals surface area contributed by atoms with Gasteiger partial charge in [0.25, 0.3) is 0 Å². The highest BCUT2D eigenvalue weighted by Crippen LogP contribution is 2.45. The maximum absolute atomic E-state index is 6.03. The van der Waals surface area contributed by atoms with Crippen molar-refractivity contribution in [3.8, 4) is 5.88 Å². The van der Waals surface area contributed by atoms with Gasteiger partial charge in [0.1, 0.15) is 10.2 Å². The first-order valence-corrected chi connectivity index (χ1v) is 6.47. The number of fused-ring (bicyclic) bond motifs is 2. The first-order chi connectivity index (χ1) is 8.67. The Kier molecular flexibility index (Phi) is 2.93. The minimum atomic E-state index is 0.108. The van der Waals surface area contributed by atoms with Crippen LogP contribution in [0.15, 0.2) is 22.1 Å². The van der Waals surface area contributed by atoms with Gasteiger partial charge >= 0.3 is 0 Å². The van der Waals surface area contributed by atoms with Gasteiger partial charge in [-0.2, -0.15) is 4.98 Å². The summed E-state index contributed by atoms with van der Waals surface area (Å²) in [5, 5.41) is 4.29. The second kappa shape index (κ2) is 4.46. The summed E-state index contributed by atoms with van der Waals surface area (Å²) >= 11 is 13.2. The molecule has 18 heavy (non-hydrogen) atoms. The average molecular weight is 301 g/mol. The monoisotopic (exact) mass is 300 g/mol. The summed E-state index contributed by atoms with van der Waals surface area (Å²) in [5.41, 5.74) is 0.833. The number of aromatic nitrogens is 3.